The van der Waals surface area contributed by atoms with Crippen LogP contribution in [0.1, 0.15) is 33.9 Å². The molecule has 0 aromatic heterocycles. The molecule has 1 atom stereocenters. The Labute approximate surface area is 197 Å². The zero-order valence-electron chi connectivity index (χ0n) is 18.4. The van der Waals surface area contributed by atoms with Crippen molar-refractivity contribution in [2.45, 2.75) is 18.1 Å². The van der Waals surface area contributed by atoms with Crippen LogP contribution in [0, 0.1) is 0 Å². The van der Waals surface area contributed by atoms with Gasteiger partial charge < -0.3 is 14.9 Å². The van der Waals surface area contributed by atoms with E-state index in [9.17, 15) is 15.0 Å². The average molecular weight is 450 g/mol. The third-order valence-electron chi connectivity index (χ3n) is 6.77. The summed E-state index contributed by atoms with van der Waals surface area (Å²) in [6.07, 6.45) is 0.662. The lowest BCUT2D eigenvalue weighted by Gasteiger charge is -2.31. The number of ether oxygens (including phenoxy) is 1. The average Bonchev–Trinajstić information content (AvgIpc) is 3.42. The number of carbonyl (C=O) groups excluding carboxylic acids is 1. The number of aliphatic hydroxyl groups is 1. The van der Waals surface area contributed by atoms with E-state index in [1.807, 2.05) is 72.8 Å². The van der Waals surface area contributed by atoms with E-state index in [1.165, 1.54) is 6.07 Å². The Morgan fingerprint density at radius 3 is 2.12 bits per heavy atom. The van der Waals surface area contributed by atoms with E-state index in [1.54, 1.807) is 23.1 Å². The molecule has 0 radical (unpaired) electrons. The fourth-order valence-corrected chi connectivity index (χ4v) is 5.17. The van der Waals surface area contributed by atoms with Crippen LogP contribution in [0.2, 0.25) is 0 Å². The maximum atomic E-state index is 14.3. The Bertz CT molecular complexity index is 1350. The second-order valence-electron chi connectivity index (χ2n) is 8.70. The predicted molar refractivity (Wildman–Crippen MR) is 129 cm³/mol. The van der Waals surface area contributed by atoms with Gasteiger partial charge in [0, 0.05) is 23.6 Å². The van der Waals surface area contributed by atoms with Gasteiger partial charge in [-0.15, -0.1) is 0 Å². The summed E-state index contributed by atoms with van der Waals surface area (Å²) in [7, 11) is 0. The molecule has 0 spiro atoms. The summed E-state index contributed by atoms with van der Waals surface area (Å²) in [5, 5.41) is 23.0. The smallest absolute Gasteiger partial charge is 0.269 e. The molecule has 0 bridgehead atoms. The fourth-order valence-electron chi connectivity index (χ4n) is 5.17. The van der Waals surface area contributed by atoms with Gasteiger partial charge in [-0.2, -0.15) is 0 Å². The minimum Gasteiger partial charge on any atom is -0.507 e. The molecule has 0 fully saturated rings. The van der Waals surface area contributed by atoms with Gasteiger partial charge in [0.1, 0.15) is 11.5 Å². The summed E-state index contributed by atoms with van der Waals surface area (Å²) in [6.45, 7) is 0.511. The molecule has 1 amide bonds. The second-order valence-corrected chi connectivity index (χ2v) is 8.70. The lowest BCUT2D eigenvalue weighted by molar-refractivity contribution is -0.132. The zero-order valence-corrected chi connectivity index (χ0v) is 18.4. The van der Waals surface area contributed by atoms with E-state index in [2.05, 4.69) is 0 Å². The number of benzene rings is 4. The Balaban J connectivity index is 1.58. The lowest BCUT2D eigenvalue weighted by Crippen LogP contribution is -2.43. The summed E-state index contributed by atoms with van der Waals surface area (Å²) < 4.78 is 5.56. The van der Waals surface area contributed by atoms with Gasteiger partial charge in [0.2, 0.25) is 0 Å². The third-order valence-corrected chi connectivity index (χ3v) is 6.77. The van der Waals surface area contributed by atoms with Crippen molar-refractivity contribution in [3.63, 3.8) is 0 Å². The third kappa shape index (κ3) is 2.94. The van der Waals surface area contributed by atoms with E-state index >= 15 is 0 Å². The molecule has 6 rings (SSSR count). The highest BCUT2D eigenvalue weighted by Gasteiger charge is 2.54. The van der Waals surface area contributed by atoms with Crippen LogP contribution >= 0.6 is 0 Å². The molecule has 34 heavy (non-hydrogen) atoms. The molecule has 1 unspecified atom stereocenters. The van der Waals surface area contributed by atoms with E-state index in [4.69, 9.17) is 4.74 Å². The fraction of sp³-hybridized carbons (Fsp3) is 0.138. The molecule has 0 saturated heterocycles. The van der Waals surface area contributed by atoms with Crippen LogP contribution in [-0.2, 0) is 16.8 Å². The van der Waals surface area contributed by atoms with Crippen LogP contribution in [0.3, 0.4) is 0 Å². The van der Waals surface area contributed by atoms with E-state index < -0.39 is 17.6 Å². The number of para-hydroxylation sites is 1. The first kappa shape index (κ1) is 20.5. The largest absolute Gasteiger partial charge is 0.507 e. The van der Waals surface area contributed by atoms with Crippen molar-refractivity contribution in [1.29, 1.82) is 0 Å². The first-order valence-corrected chi connectivity index (χ1v) is 11.3. The molecule has 2 N–H and O–H groups in total. The summed E-state index contributed by atoms with van der Waals surface area (Å²) in [5.74, 6) is -0.0726. The van der Waals surface area contributed by atoms with E-state index in [-0.39, 0.29) is 11.3 Å². The van der Waals surface area contributed by atoms with Crippen molar-refractivity contribution in [2.24, 2.45) is 0 Å². The molecule has 4 aromatic rings. The highest BCUT2D eigenvalue weighted by Crippen LogP contribution is 2.51. The van der Waals surface area contributed by atoms with Gasteiger partial charge in [0.15, 0.2) is 5.60 Å². The number of aromatic hydroxyl groups is 1. The number of hydrogen-bond donors (Lipinski definition) is 2. The van der Waals surface area contributed by atoms with Gasteiger partial charge >= 0.3 is 0 Å². The maximum Gasteiger partial charge on any atom is 0.269 e. The Hall–Kier alpha value is -4.09. The molecule has 2 heterocycles. The number of rotatable bonds is 4. The summed E-state index contributed by atoms with van der Waals surface area (Å²) in [6, 6.07) is 29.6. The number of hydrogen-bond acceptors (Lipinski definition) is 4. The second kappa shape index (κ2) is 7.75. The minimum atomic E-state index is -2.03. The minimum absolute atomic E-state index is 0.163. The number of nitrogens with zero attached hydrogens (tertiary/aromatic N) is 1. The molecule has 5 nitrogen and oxygen atoms in total. The molecule has 5 heteroatoms. The number of fused-ring (bicyclic) bond motifs is 2. The molecular weight excluding hydrogens is 426 g/mol. The van der Waals surface area contributed by atoms with Crippen LogP contribution in [0.4, 0.5) is 5.69 Å². The topological polar surface area (TPSA) is 70.0 Å². The first-order valence-electron chi connectivity index (χ1n) is 11.3. The van der Waals surface area contributed by atoms with Crippen LogP contribution in [0.5, 0.6) is 11.5 Å². The van der Waals surface area contributed by atoms with Gasteiger partial charge in [-0.25, -0.2) is 0 Å². The number of anilines is 1. The van der Waals surface area contributed by atoms with E-state index in [0.29, 0.717) is 30.0 Å². The van der Waals surface area contributed by atoms with Gasteiger partial charge in [-0.05, 0) is 28.8 Å². The van der Waals surface area contributed by atoms with Crippen molar-refractivity contribution in [3.05, 3.63) is 125 Å². The number of phenolic OH excluding ortho intramolecular Hbond substituents is 1. The highest BCUT2D eigenvalue weighted by atomic mass is 16.5. The molecular formula is C29H23NO4. The summed E-state index contributed by atoms with van der Waals surface area (Å²) in [4.78, 5) is 15.9. The number of amides is 1. The molecule has 2 aliphatic heterocycles. The Morgan fingerprint density at radius 1 is 0.824 bits per heavy atom. The Morgan fingerprint density at radius 2 is 1.44 bits per heavy atom. The summed E-state index contributed by atoms with van der Waals surface area (Å²) >= 11 is 0. The monoisotopic (exact) mass is 449 g/mol. The van der Waals surface area contributed by atoms with Gasteiger partial charge in [0.25, 0.3) is 5.91 Å². The zero-order chi connectivity index (χ0) is 23.3. The van der Waals surface area contributed by atoms with Crippen molar-refractivity contribution >= 4 is 11.6 Å². The van der Waals surface area contributed by atoms with Crippen molar-refractivity contribution in [2.75, 3.05) is 11.5 Å². The molecule has 0 aliphatic carbocycles. The van der Waals surface area contributed by atoms with Gasteiger partial charge in [0.05, 0.1) is 18.3 Å². The SMILES string of the molecule is O=C1N(C(c2ccccc2)c2ccccc2)c2ccccc2C1(O)c1cc2c(cc1O)OCC2. The standard InChI is InChI=1S/C29H23NO4/c31-25-18-26-21(15-16-34-26)17-23(25)29(33)22-13-7-8-14-24(22)30(28(29)32)27(19-9-3-1-4-10-19)20-11-5-2-6-12-20/h1-14,17-18,27,31,33H,15-16H2. The van der Waals surface area contributed by atoms with Gasteiger partial charge in [-0.3, -0.25) is 9.69 Å². The number of carbonyl (C=O) groups is 1. The molecule has 2 aliphatic rings. The lowest BCUT2D eigenvalue weighted by atomic mass is 9.85. The normalized spacial score (nSPS) is 18.6. The maximum absolute atomic E-state index is 14.3. The van der Waals surface area contributed by atoms with E-state index in [0.717, 1.165) is 16.7 Å². The predicted octanol–water partition coefficient (Wildman–Crippen LogP) is 4.70. The molecule has 0 saturated carbocycles. The summed E-state index contributed by atoms with van der Waals surface area (Å²) in [5.41, 5.74) is 1.93. The Kier molecular flexibility index (Phi) is 4.67. The van der Waals surface area contributed by atoms with Crippen molar-refractivity contribution < 1.29 is 19.7 Å². The van der Waals surface area contributed by atoms with Crippen molar-refractivity contribution in [3.8, 4) is 11.5 Å². The highest BCUT2D eigenvalue weighted by molar-refractivity contribution is 6.10. The van der Waals surface area contributed by atoms with Crippen LogP contribution < -0.4 is 9.64 Å². The van der Waals surface area contributed by atoms with Crippen molar-refractivity contribution in [1.82, 2.24) is 0 Å². The number of phenols is 1. The van der Waals surface area contributed by atoms with Crippen LogP contribution in [0.25, 0.3) is 0 Å². The molecule has 4 aromatic carbocycles. The van der Waals surface area contributed by atoms with Crippen LogP contribution in [-0.4, -0.2) is 22.7 Å². The van der Waals surface area contributed by atoms with Crippen LogP contribution in [0.15, 0.2) is 97.1 Å². The first-order chi connectivity index (χ1) is 16.6. The quantitative estimate of drug-likeness (QED) is 0.474. The van der Waals surface area contributed by atoms with Gasteiger partial charge in [-0.1, -0.05) is 78.9 Å². The molecule has 168 valence electrons.